The van der Waals surface area contributed by atoms with Crippen molar-refractivity contribution in [1.29, 1.82) is 0 Å². The SMILES string of the molecule is C=CC(=O)N1C[C@@H](C)N(c2nc(N3CC(N(C)C)C3)nc3c(F)c(-c4c(C)ccc5c4c(C4CC4)nn5C)c(Cl)cc23)C[C@@H]1C. The van der Waals surface area contributed by atoms with E-state index in [9.17, 15) is 4.79 Å². The Morgan fingerprint density at radius 3 is 2.49 bits per heavy atom. The lowest BCUT2D eigenvalue weighted by atomic mass is 9.93. The van der Waals surface area contributed by atoms with Crippen LogP contribution >= 0.6 is 11.6 Å². The van der Waals surface area contributed by atoms with Crippen LogP contribution in [0.5, 0.6) is 0 Å². The van der Waals surface area contributed by atoms with Gasteiger partial charge >= 0.3 is 0 Å². The predicted octanol–water partition coefficient (Wildman–Crippen LogP) is 5.52. The van der Waals surface area contributed by atoms with Crippen LogP contribution < -0.4 is 9.80 Å². The molecule has 1 saturated carbocycles. The zero-order valence-electron chi connectivity index (χ0n) is 26.8. The van der Waals surface area contributed by atoms with E-state index in [1.807, 2.05) is 42.6 Å². The molecule has 2 aliphatic heterocycles. The van der Waals surface area contributed by atoms with E-state index in [-0.39, 0.29) is 23.5 Å². The van der Waals surface area contributed by atoms with E-state index >= 15 is 4.39 Å². The fourth-order valence-corrected chi connectivity index (χ4v) is 7.29. The monoisotopic (exact) mass is 630 g/mol. The molecule has 0 unspecified atom stereocenters. The van der Waals surface area contributed by atoms with Crippen LogP contribution in [0.4, 0.5) is 16.2 Å². The topological polar surface area (TPSA) is 73.6 Å². The van der Waals surface area contributed by atoms with Crippen molar-refractivity contribution in [2.24, 2.45) is 7.05 Å². The molecule has 4 heterocycles. The molecule has 3 fully saturated rings. The highest BCUT2D eigenvalue weighted by atomic mass is 35.5. The van der Waals surface area contributed by atoms with Crippen molar-refractivity contribution in [1.82, 2.24) is 29.5 Å². The van der Waals surface area contributed by atoms with Gasteiger partial charge in [0.05, 0.1) is 16.2 Å². The molecule has 2 saturated heterocycles. The van der Waals surface area contributed by atoms with Gasteiger partial charge < -0.3 is 19.6 Å². The first-order valence-corrected chi connectivity index (χ1v) is 16.1. The normalized spacial score (nSPS) is 20.9. The average molecular weight is 631 g/mol. The van der Waals surface area contributed by atoms with Crippen molar-refractivity contribution >= 4 is 51.1 Å². The lowest BCUT2D eigenvalue weighted by molar-refractivity contribution is -0.128. The Labute approximate surface area is 268 Å². The molecular formula is C34H40ClFN8O. The molecule has 7 rings (SSSR count). The number of halogens is 2. The largest absolute Gasteiger partial charge is 0.349 e. The van der Waals surface area contributed by atoms with Crippen molar-refractivity contribution in [2.45, 2.75) is 57.7 Å². The number of likely N-dealkylation sites (N-methyl/N-ethyl adjacent to an activating group) is 1. The molecule has 0 N–H and O–H groups in total. The van der Waals surface area contributed by atoms with Gasteiger partial charge in [0.15, 0.2) is 5.82 Å². The highest BCUT2D eigenvalue weighted by molar-refractivity contribution is 6.35. The fraction of sp³-hybridized carbons (Fsp3) is 0.471. The number of fused-ring (bicyclic) bond motifs is 2. The number of aryl methyl sites for hydroxylation is 2. The second-order valence-corrected chi connectivity index (χ2v) is 13.7. The van der Waals surface area contributed by atoms with Gasteiger partial charge in [-0.15, -0.1) is 0 Å². The van der Waals surface area contributed by atoms with Crippen molar-refractivity contribution in [3.63, 3.8) is 0 Å². The van der Waals surface area contributed by atoms with Gasteiger partial charge in [-0.2, -0.15) is 10.1 Å². The number of aromatic nitrogens is 4. The molecule has 236 valence electrons. The van der Waals surface area contributed by atoms with E-state index in [4.69, 9.17) is 26.7 Å². The Bertz CT molecular complexity index is 1860. The minimum atomic E-state index is -0.450. The molecule has 11 heteroatoms. The van der Waals surface area contributed by atoms with Crippen molar-refractivity contribution < 1.29 is 9.18 Å². The zero-order chi connectivity index (χ0) is 31.9. The summed E-state index contributed by atoms with van der Waals surface area (Å²) in [6.07, 6.45) is 3.52. The Balaban J connectivity index is 1.43. The molecule has 2 atom stereocenters. The van der Waals surface area contributed by atoms with Crippen molar-refractivity contribution in [3.05, 3.63) is 53.0 Å². The summed E-state index contributed by atoms with van der Waals surface area (Å²) in [7, 11) is 6.07. The number of hydrogen-bond donors (Lipinski definition) is 0. The number of carbonyl (C=O) groups excluding carboxylic acids is 1. The molecule has 0 spiro atoms. The van der Waals surface area contributed by atoms with Gasteiger partial charge in [0.25, 0.3) is 0 Å². The standard InChI is InChI=1S/C34H40ClFN8O/c1-8-26(45)43-14-20(4)44(15-19(43)3)33-23-13-24(35)28(30(36)32(23)37-34(38-33)42-16-22(17-42)40(5)6)27-18(2)9-12-25-29(27)31(21-10-11-21)39-41(25)7/h8-9,12-13,19-22H,1,10-11,14-17H2,2-7H3/t19-,20+/m0/s1. The van der Waals surface area contributed by atoms with Gasteiger partial charge in [-0.25, -0.2) is 9.37 Å². The molecule has 1 amide bonds. The number of nitrogens with zero attached hydrogens (tertiary/aromatic N) is 8. The van der Waals surface area contributed by atoms with Crippen molar-refractivity contribution in [2.75, 3.05) is 50.1 Å². The van der Waals surface area contributed by atoms with Gasteiger partial charge in [0.1, 0.15) is 11.3 Å². The number of anilines is 2. The Morgan fingerprint density at radius 2 is 1.82 bits per heavy atom. The molecule has 9 nitrogen and oxygen atoms in total. The summed E-state index contributed by atoms with van der Waals surface area (Å²) in [6.45, 7) is 12.3. The third kappa shape index (κ3) is 4.84. The quantitative estimate of drug-likeness (QED) is 0.260. The Morgan fingerprint density at radius 1 is 1.09 bits per heavy atom. The number of hydrogen-bond acceptors (Lipinski definition) is 7. The Hall–Kier alpha value is -3.76. The van der Waals surface area contributed by atoms with Gasteiger partial charge in [-0.3, -0.25) is 9.48 Å². The lowest BCUT2D eigenvalue weighted by Crippen LogP contribution is -2.59. The Kier molecular flexibility index (Phi) is 7.28. The van der Waals surface area contributed by atoms with Crippen LogP contribution in [0, 0.1) is 12.7 Å². The number of carbonyl (C=O) groups is 1. The first-order chi connectivity index (χ1) is 21.5. The van der Waals surface area contributed by atoms with E-state index in [1.54, 1.807) is 0 Å². The molecule has 1 aliphatic carbocycles. The smallest absolute Gasteiger partial charge is 0.246 e. The van der Waals surface area contributed by atoms with Crippen LogP contribution in [0.3, 0.4) is 0 Å². The molecule has 2 aromatic carbocycles. The summed E-state index contributed by atoms with van der Waals surface area (Å²) < 4.78 is 19.2. The summed E-state index contributed by atoms with van der Waals surface area (Å²) in [6, 6.07) is 6.11. The number of piperazine rings is 1. The van der Waals surface area contributed by atoms with Crippen molar-refractivity contribution in [3.8, 4) is 11.1 Å². The van der Waals surface area contributed by atoms with Crippen LogP contribution in [-0.4, -0.2) is 93.9 Å². The first-order valence-electron chi connectivity index (χ1n) is 15.8. The molecular weight excluding hydrogens is 591 g/mol. The van der Waals surface area contributed by atoms with E-state index < -0.39 is 5.82 Å². The molecule has 45 heavy (non-hydrogen) atoms. The highest BCUT2D eigenvalue weighted by Crippen LogP contribution is 2.48. The average Bonchev–Trinajstić information content (AvgIpc) is 3.76. The minimum absolute atomic E-state index is 0.0732. The summed E-state index contributed by atoms with van der Waals surface area (Å²) in [4.78, 5) is 30.8. The van der Waals surface area contributed by atoms with Crippen LogP contribution in [-0.2, 0) is 11.8 Å². The van der Waals surface area contributed by atoms with Gasteiger partial charge in [-0.05, 0) is 71.5 Å². The summed E-state index contributed by atoms with van der Waals surface area (Å²) in [5.74, 6) is 0.970. The highest BCUT2D eigenvalue weighted by Gasteiger charge is 2.37. The minimum Gasteiger partial charge on any atom is -0.349 e. The van der Waals surface area contributed by atoms with Gasteiger partial charge in [0.2, 0.25) is 11.9 Å². The first kappa shape index (κ1) is 29.9. The van der Waals surface area contributed by atoms with Crippen LogP contribution in [0.15, 0.2) is 30.9 Å². The summed E-state index contributed by atoms with van der Waals surface area (Å²) >= 11 is 7.10. The fourth-order valence-electron chi connectivity index (χ4n) is 7.00. The third-order valence-corrected chi connectivity index (χ3v) is 10.2. The molecule has 3 aliphatic rings. The second kappa shape index (κ2) is 10.9. The predicted molar refractivity (Wildman–Crippen MR) is 179 cm³/mol. The molecule has 0 radical (unpaired) electrons. The lowest BCUT2D eigenvalue weighted by Gasteiger charge is -2.45. The summed E-state index contributed by atoms with van der Waals surface area (Å²) in [5, 5.41) is 6.72. The maximum atomic E-state index is 17.3. The van der Waals surface area contributed by atoms with Crippen LogP contribution in [0.1, 0.15) is 43.9 Å². The van der Waals surface area contributed by atoms with E-state index in [2.05, 4.69) is 48.4 Å². The molecule has 2 aromatic heterocycles. The maximum Gasteiger partial charge on any atom is 0.246 e. The number of benzene rings is 2. The van der Waals surface area contributed by atoms with Gasteiger partial charge in [0, 0.05) is 79.2 Å². The molecule has 0 bridgehead atoms. The van der Waals surface area contributed by atoms with Crippen LogP contribution in [0.25, 0.3) is 32.9 Å². The maximum absolute atomic E-state index is 17.3. The number of rotatable bonds is 6. The third-order valence-electron chi connectivity index (χ3n) is 9.91. The van der Waals surface area contributed by atoms with E-state index in [1.165, 1.54) is 6.08 Å². The van der Waals surface area contributed by atoms with E-state index in [0.29, 0.717) is 52.8 Å². The molecule has 4 aromatic rings. The van der Waals surface area contributed by atoms with Crippen LogP contribution in [0.2, 0.25) is 5.02 Å². The van der Waals surface area contributed by atoms with Gasteiger partial charge in [-0.1, -0.05) is 24.2 Å². The summed E-state index contributed by atoms with van der Waals surface area (Å²) in [5.41, 5.74) is 4.30. The second-order valence-electron chi connectivity index (χ2n) is 13.3. The number of amides is 1. The zero-order valence-corrected chi connectivity index (χ0v) is 27.6. The van der Waals surface area contributed by atoms with E-state index in [0.717, 1.165) is 53.7 Å².